The number of anilines is 6. The minimum absolute atomic E-state index is 0.00771. The summed E-state index contributed by atoms with van der Waals surface area (Å²) in [6.07, 6.45) is 0. The maximum atomic E-state index is 6.97. The number of para-hydroxylation sites is 2. The summed E-state index contributed by atoms with van der Waals surface area (Å²) in [7, 11) is 0. The molecule has 0 bridgehead atoms. The van der Waals surface area contributed by atoms with E-state index in [0.29, 0.717) is 0 Å². The van der Waals surface area contributed by atoms with Gasteiger partial charge < -0.3 is 18.8 Å². The predicted octanol–water partition coefficient (Wildman–Crippen LogP) is 15.8. The Kier molecular flexibility index (Phi) is 7.98. The minimum atomic E-state index is -0.104. The number of aryl methyl sites for hydroxylation is 1. The smallest absolute Gasteiger partial charge is 0.264 e. The highest BCUT2D eigenvalue weighted by atomic mass is 32.1. The van der Waals surface area contributed by atoms with Gasteiger partial charge in [-0.25, -0.2) is 0 Å². The van der Waals surface area contributed by atoms with E-state index in [2.05, 4.69) is 220 Å². The van der Waals surface area contributed by atoms with Crippen LogP contribution in [0.4, 0.5) is 34.1 Å². The van der Waals surface area contributed by atoms with Crippen molar-refractivity contribution in [2.24, 2.45) is 0 Å². The first-order valence-corrected chi connectivity index (χ1v) is 25.0. The van der Waals surface area contributed by atoms with Gasteiger partial charge in [0.15, 0.2) is 5.58 Å². The number of hydrogen-bond acceptors (Lipinski definition) is 4. The number of furan rings is 1. The zero-order chi connectivity index (χ0) is 46.6. The first kappa shape index (κ1) is 41.0. The second-order valence-corrected chi connectivity index (χ2v) is 25.1. The third-order valence-electron chi connectivity index (χ3n) is 15.3. The Morgan fingerprint density at radius 1 is 0.478 bits per heavy atom. The molecule has 0 unspecified atom stereocenters. The number of benzene rings is 7. The molecule has 0 N–H and O–H groups in total. The lowest BCUT2D eigenvalue weighted by Gasteiger charge is -2.46. The molecule has 3 aliphatic rings. The van der Waals surface area contributed by atoms with E-state index in [-0.39, 0.29) is 28.4 Å². The monoisotopic (exact) mass is 891 g/mol. The summed E-state index contributed by atoms with van der Waals surface area (Å²) in [6, 6.07) is 44.9. The zero-order valence-corrected chi connectivity index (χ0v) is 42.0. The SMILES string of the molecule is Cc1cc2c3c(c1)N1c4c(cc(C(C)(C)C)cc4-n4c5ccc(C(C)(C)C)cc5c5cc(C(C)(C)C)cc1c54)B3c1sc3ccc(C(C)(C)C)cc3c1N2c1cccc2c1oc1ccccc12. The number of fused-ring (bicyclic) bond motifs is 14. The summed E-state index contributed by atoms with van der Waals surface area (Å²) in [5, 5.41) is 6.22. The number of nitrogens with zero attached hydrogens (tertiary/aromatic N) is 3. The van der Waals surface area contributed by atoms with Gasteiger partial charge >= 0.3 is 0 Å². The number of aromatic nitrogens is 1. The van der Waals surface area contributed by atoms with Crippen LogP contribution < -0.4 is 25.5 Å². The molecule has 0 aliphatic carbocycles. The summed E-state index contributed by atoms with van der Waals surface area (Å²) in [5.74, 6) is 0. The van der Waals surface area contributed by atoms with Crippen LogP contribution in [0, 0.1) is 6.92 Å². The lowest BCUT2D eigenvalue weighted by atomic mass is 9.35. The van der Waals surface area contributed by atoms with Crippen LogP contribution in [-0.2, 0) is 21.7 Å². The fourth-order valence-electron chi connectivity index (χ4n) is 11.7. The Morgan fingerprint density at radius 3 is 1.78 bits per heavy atom. The van der Waals surface area contributed by atoms with E-state index in [1.807, 2.05) is 11.3 Å². The lowest BCUT2D eigenvalue weighted by Crippen LogP contribution is -2.61. The standard InChI is InChI=1S/C61H58BN3OS/c1-33-25-46-52-47(26-33)65-48-31-36(60(8,9)10)29-41-40-27-34(58(2,3)4)21-23-44(40)63(53(41)48)49-32-37(61(11,12)13)30-43(55(49)65)62(52)57-54(42-28-35(59(5,6)7)22-24-51(42)67-57)64(46)45-19-16-18-39-38-17-14-15-20-50(38)66-56(39)45/h14-32H,1-13H3. The van der Waals surface area contributed by atoms with E-state index < -0.39 is 0 Å². The molecule has 0 saturated heterocycles. The first-order chi connectivity index (χ1) is 31.7. The van der Waals surface area contributed by atoms with Crippen LogP contribution in [0.15, 0.2) is 120 Å². The Labute approximate surface area is 398 Å². The molecule has 7 aromatic carbocycles. The Morgan fingerprint density at radius 2 is 1.07 bits per heavy atom. The van der Waals surface area contributed by atoms with Crippen LogP contribution in [0.3, 0.4) is 0 Å². The number of hydrogen-bond donors (Lipinski definition) is 0. The van der Waals surface area contributed by atoms with Crippen LogP contribution >= 0.6 is 11.3 Å². The molecule has 4 nitrogen and oxygen atoms in total. The number of thiophene rings is 1. The summed E-state index contributed by atoms with van der Waals surface area (Å²) in [5.41, 5.74) is 22.2. The van der Waals surface area contributed by atoms with Crippen LogP contribution in [0.2, 0.25) is 0 Å². The lowest BCUT2D eigenvalue weighted by molar-refractivity contribution is 0.590. The van der Waals surface area contributed by atoms with E-state index in [1.54, 1.807) is 0 Å². The van der Waals surface area contributed by atoms with Gasteiger partial charge in [0.1, 0.15) is 5.58 Å². The molecule has 0 atom stereocenters. The Hall–Kier alpha value is -6.24. The average molecular weight is 892 g/mol. The molecule has 10 aromatic rings. The summed E-state index contributed by atoms with van der Waals surface area (Å²) in [6.45, 7) is 30.5. The van der Waals surface area contributed by atoms with Gasteiger partial charge in [-0.2, -0.15) is 0 Å². The van der Waals surface area contributed by atoms with Crippen molar-refractivity contribution in [3.05, 3.63) is 143 Å². The molecule has 332 valence electrons. The Balaban J connectivity index is 1.22. The molecule has 0 amide bonds. The zero-order valence-electron chi connectivity index (χ0n) is 41.2. The second-order valence-electron chi connectivity index (χ2n) is 24.0. The molecule has 13 rings (SSSR count). The van der Waals surface area contributed by atoms with Gasteiger partial charge in [-0.15, -0.1) is 11.3 Å². The van der Waals surface area contributed by atoms with Gasteiger partial charge in [0.05, 0.1) is 39.5 Å². The van der Waals surface area contributed by atoms with Crippen molar-refractivity contribution in [3.8, 4) is 5.69 Å². The van der Waals surface area contributed by atoms with Gasteiger partial charge in [0, 0.05) is 47.8 Å². The molecule has 6 heteroatoms. The van der Waals surface area contributed by atoms with E-state index in [0.717, 1.165) is 27.6 Å². The second kappa shape index (κ2) is 13.0. The van der Waals surface area contributed by atoms with Gasteiger partial charge in [0.25, 0.3) is 6.71 Å². The van der Waals surface area contributed by atoms with E-state index in [1.165, 1.54) is 110 Å². The third kappa shape index (κ3) is 5.60. The van der Waals surface area contributed by atoms with Crippen molar-refractivity contribution >= 4 is 122 Å². The van der Waals surface area contributed by atoms with Gasteiger partial charge in [0.2, 0.25) is 0 Å². The van der Waals surface area contributed by atoms with Gasteiger partial charge in [-0.3, -0.25) is 0 Å². The molecule has 67 heavy (non-hydrogen) atoms. The first-order valence-electron chi connectivity index (χ1n) is 24.2. The average Bonchev–Trinajstić information content (AvgIpc) is 3.94. The number of rotatable bonds is 1. The molecule has 3 aliphatic heterocycles. The normalized spacial score (nSPS) is 14.6. The van der Waals surface area contributed by atoms with Crippen LogP contribution in [0.1, 0.15) is 111 Å². The van der Waals surface area contributed by atoms with E-state index >= 15 is 0 Å². The summed E-state index contributed by atoms with van der Waals surface area (Å²) < 4.78 is 12.3. The molecule has 0 saturated carbocycles. The van der Waals surface area contributed by atoms with Crippen molar-refractivity contribution in [1.82, 2.24) is 4.57 Å². The predicted molar refractivity (Wildman–Crippen MR) is 291 cm³/mol. The van der Waals surface area contributed by atoms with Crippen molar-refractivity contribution in [3.63, 3.8) is 0 Å². The minimum Gasteiger partial charge on any atom is -0.454 e. The molecule has 0 radical (unpaired) electrons. The van der Waals surface area contributed by atoms with Crippen molar-refractivity contribution in [2.45, 2.75) is 112 Å². The molecule has 6 heterocycles. The highest BCUT2D eigenvalue weighted by Crippen LogP contribution is 2.56. The van der Waals surface area contributed by atoms with Crippen molar-refractivity contribution in [2.75, 3.05) is 9.80 Å². The highest BCUT2D eigenvalue weighted by Gasteiger charge is 2.49. The Bertz CT molecular complexity index is 3830. The fraction of sp³-hybridized carbons (Fsp3) is 0.279. The van der Waals surface area contributed by atoms with Crippen molar-refractivity contribution in [1.29, 1.82) is 0 Å². The summed E-state index contributed by atoms with van der Waals surface area (Å²) in [4.78, 5) is 5.29. The van der Waals surface area contributed by atoms with Gasteiger partial charge in [-0.1, -0.05) is 132 Å². The molecular weight excluding hydrogens is 834 g/mol. The van der Waals surface area contributed by atoms with Crippen LogP contribution in [0.5, 0.6) is 0 Å². The van der Waals surface area contributed by atoms with Crippen LogP contribution in [-0.4, -0.2) is 11.3 Å². The van der Waals surface area contributed by atoms with E-state index in [4.69, 9.17) is 4.42 Å². The topological polar surface area (TPSA) is 24.6 Å². The molecule has 0 spiro atoms. The van der Waals surface area contributed by atoms with Crippen LogP contribution in [0.25, 0.3) is 59.5 Å². The summed E-state index contributed by atoms with van der Waals surface area (Å²) >= 11 is 1.98. The molecule has 0 fully saturated rings. The third-order valence-corrected chi connectivity index (χ3v) is 16.5. The molecule has 3 aromatic heterocycles. The van der Waals surface area contributed by atoms with E-state index in [9.17, 15) is 0 Å². The van der Waals surface area contributed by atoms with Crippen molar-refractivity contribution < 1.29 is 4.42 Å². The fourth-order valence-corrected chi connectivity index (χ4v) is 13.0. The highest BCUT2D eigenvalue weighted by molar-refractivity contribution is 7.33. The quantitative estimate of drug-likeness (QED) is 0.154. The maximum absolute atomic E-state index is 6.97. The largest absolute Gasteiger partial charge is 0.454 e. The van der Waals surface area contributed by atoms with Gasteiger partial charge in [-0.05, 0) is 134 Å². The molecular formula is C61H58BN3OS. The maximum Gasteiger partial charge on any atom is 0.264 e.